The van der Waals surface area contributed by atoms with Gasteiger partial charge in [0.25, 0.3) is 10.1 Å². The maximum atomic E-state index is 12.3. The van der Waals surface area contributed by atoms with E-state index in [4.69, 9.17) is 19.8 Å². The van der Waals surface area contributed by atoms with Crippen molar-refractivity contribution in [3.05, 3.63) is 52.6 Å². The third-order valence-corrected chi connectivity index (χ3v) is 4.48. The number of nitriles is 1. The van der Waals surface area contributed by atoms with Crippen LogP contribution in [0.2, 0.25) is 0 Å². The van der Waals surface area contributed by atoms with E-state index in [-0.39, 0.29) is 34.3 Å². The van der Waals surface area contributed by atoms with Crippen LogP contribution < -0.4 is 5.73 Å². The number of hydrogen-bond acceptors (Lipinski definition) is 7. The van der Waals surface area contributed by atoms with Crippen LogP contribution in [0, 0.1) is 11.3 Å². The second-order valence-corrected chi connectivity index (χ2v) is 6.58. The number of nitrogens with two attached hydrogens (primary N) is 1. The maximum absolute atomic E-state index is 12.3. The number of ether oxygens (including phenoxy) is 2. The fourth-order valence-electron chi connectivity index (χ4n) is 2.52. The summed E-state index contributed by atoms with van der Waals surface area (Å²) in [6.07, 6.45) is 0. The minimum absolute atomic E-state index is 0.00765. The Bertz CT molecular complexity index is 907. The van der Waals surface area contributed by atoms with E-state index in [0.29, 0.717) is 5.56 Å². The number of carbonyl (C=O) groups is 1. The molecule has 1 heterocycles. The molecule has 0 radical (unpaired) electrons. The molecule has 25 heavy (non-hydrogen) atoms. The summed E-state index contributed by atoms with van der Waals surface area (Å²) in [4.78, 5) is 12.0. The molecule has 1 atom stereocenters. The third kappa shape index (κ3) is 3.65. The highest BCUT2D eigenvalue weighted by molar-refractivity contribution is 7.85. The van der Waals surface area contributed by atoms with E-state index in [1.807, 2.05) is 6.07 Å². The Balaban J connectivity index is 2.60. The molecule has 8 nitrogen and oxygen atoms in total. The molecule has 0 fully saturated rings. The predicted octanol–water partition coefficient (Wildman–Crippen LogP) is 1.58. The van der Waals surface area contributed by atoms with Gasteiger partial charge in [-0.2, -0.15) is 13.7 Å². The molecule has 0 spiro atoms. The van der Waals surface area contributed by atoms with Gasteiger partial charge in [-0.15, -0.1) is 0 Å². The van der Waals surface area contributed by atoms with Gasteiger partial charge < -0.3 is 15.2 Å². The summed E-state index contributed by atoms with van der Waals surface area (Å²) in [6.45, 7) is 3.29. The van der Waals surface area contributed by atoms with E-state index in [9.17, 15) is 18.5 Å². The number of hydrogen-bond donors (Lipinski definition) is 2. The second-order valence-electron chi connectivity index (χ2n) is 5.16. The Hall–Kier alpha value is -2.83. The van der Waals surface area contributed by atoms with E-state index < -0.39 is 22.0 Å². The summed E-state index contributed by atoms with van der Waals surface area (Å²) >= 11 is 0. The van der Waals surface area contributed by atoms with E-state index in [1.54, 1.807) is 6.92 Å². The molecule has 0 amide bonds. The van der Waals surface area contributed by atoms with Crippen LogP contribution in [0.3, 0.4) is 0 Å². The Morgan fingerprint density at radius 2 is 2.00 bits per heavy atom. The Kier molecular flexibility index (Phi) is 5.15. The van der Waals surface area contributed by atoms with Gasteiger partial charge in [-0.05, 0) is 31.5 Å². The summed E-state index contributed by atoms with van der Waals surface area (Å²) in [7, 11) is -4.36. The van der Waals surface area contributed by atoms with E-state index >= 15 is 0 Å². The molecule has 1 unspecified atom stereocenters. The molecule has 0 bridgehead atoms. The van der Waals surface area contributed by atoms with E-state index in [0.717, 1.165) is 0 Å². The molecule has 1 aliphatic heterocycles. The molecule has 2 rings (SSSR count). The van der Waals surface area contributed by atoms with Gasteiger partial charge in [0.15, 0.2) is 0 Å². The molecule has 0 aliphatic carbocycles. The standard InChI is InChI=1S/C16H16N2O6S/c1-3-23-16(19)13-9(2)24-15(18)12(8-17)14(13)10-4-6-11(7-5-10)25(20,21)22/h4-7,14H,3,18H2,1-2H3,(H,20,21,22). The van der Waals surface area contributed by atoms with Crippen molar-refractivity contribution in [2.24, 2.45) is 5.73 Å². The normalized spacial score (nSPS) is 17.8. The van der Waals surface area contributed by atoms with Gasteiger partial charge >= 0.3 is 5.97 Å². The first-order valence-corrected chi connectivity index (χ1v) is 8.67. The van der Waals surface area contributed by atoms with E-state index in [1.165, 1.54) is 31.2 Å². The van der Waals surface area contributed by atoms with Crippen molar-refractivity contribution in [3.63, 3.8) is 0 Å². The first-order valence-electron chi connectivity index (χ1n) is 7.23. The van der Waals surface area contributed by atoms with Crippen LogP contribution in [0.5, 0.6) is 0 Å². The van der Waals surface area contributed by atoms with Gasteiger partial charge in [0, 0.05) is 0 Å². The number of benzene rings is 1. The lowest BCUT2D eigenvalue weighted by molar-refractivity contribution is -0.139. The smallest absolute Gasteiger partial charge is 0.338 e. The summed E-state index contributed by atoms with van der Waals surface area (Å²) in [6, 6.07) is 7.03. The van der Waals surface area contributed by atoms with Crippen molar-refractivity contribution < 1.29 is 27.2 Å². The zero-order chi connectivity index (χ0) is 18.8. The SMILES string of the molecule is CCOC(=O)C1=C(C)OC(N)=C(C#N)C1c1ccc(S(=O)(=O)O)cc1. The van der Waals surface area contributed by atoms with Gasteiger partial charge in [-0.1, -0.05) is 12.1 Å². The molecule has 9 heteroatoms. The average molecular weight is 364 g/mol. The van der Waals surface area contributed by atoms with Gasteiger partial charge in [0.2, 0.25) is 5.88 Å². The molecule has 0 aromatic heterocycles. The average Bonchev–Trinajstić information content (AvgIpc) is 2.53. The second kappa shape index (κ2) is 6.96. The van der Waals surface area contributed by atoms with Crippen LogP contribution >= 0.6 is 0 Å². The zero-order valence-corrected chi connectivity index (χ0v) is 14.3. The number of carbonyl (C=O) groups excluding carboxylic acids is 1. The summed E-state index contributed by atoms with van der Waals surface area (Å²) in [5, 5.41) is 9.41. The lowest BCUT2D eigenvalue weighted by Gasteiger charge is -2.26. The topological polar surface area (TPSA) is 140 Å². The molecule has 3 N–H and O–H groups in total. The Morgan fingerprint density at radius 1 is 1.40 bits per heavy atom. The van der Waals surface area contributed by atoms with Crippen molar-refractivity contribution in [1.29, 1.82) is 5.26 Å². The van der Waals surface area contributed by atoms with Gasteiger partial charge in [-0.25, -0.2) is 4.79 Å². The largest absolute Gasteiger partial charge is 0.463 e. The van der Waals surface area contributed by atoms with E-state index in [2.05, 4.69) is 0 Å². The highest BCUT2D eigenvalue weighted by Crippen LogP contribution is 2.39. The van der Waals surface area contributed by atoms with Crippen molar-refractivity contribution >= 4 is 16.1 Å². The third-order valence-electron chi connectivity index (χ3n) is 3.61. The fourth-order valence-corrected chi connectivity index (χ4v) is 3.00. The van der Waals surface area contributed by atoms with Crippen LogP contribution in [0.25, 0.3) is 0 Å². The zero-order valence-electron chi connectivity index (χ0n) is 13.5. The molecular weight excluding hydrogens is 348 g/mol. The monoisotopic (exact) mass is 364 g/mol. The molecule has 132 valence electrons. The van der Waals surface area contributed by atoms with Crippen molar-refractivity contribution in [2.45, 2.75) is 24.7 Å². The lowest BCUT2D eigenvalue weighted by atomic mass is 9.83. The minimum atomic E-state index is -4.36. The Morgan fingerprint density at radius 3 is 2.48 bits per heavy atom. The van der Waals surface area contributed by atoms with Gasteiger partial charge in [0.1, 0.15) is 17.4 Å². The Labute approximate surface area is 144 Å². The molecule has 0 saturated carbocycles. The lowest BCUT2D eigenvalue weighted by Crippen LogP contribution is -2.25. The predicted molar refractivity (Wildman–Crippen MR) is 86.2 cm³/mol. The van der Waals surface area contributed by atoms with Crippen LogP contribution in [0.15, 0.2) is 51.9 Å². The highest BCUT2D eigenvalue weighted by atomic mass is 32.2. The van der Waals surface area contributed by atoms with Gasteiger partial charge in [-0.3, -0.25) is 4.55 Å². The highest BCUT2D eigenvalue weighted by Gasteiger charge is 2.36. The number of allylic oxidation sites excluding steroid dienone is 2. The van der Waals surface area contributed by atoms with Crippen LogP contribution in [0.1, 0.15) is 25.3 Å². The van der Waals surface area contributed by atoms with Crippen molar-refractivity contribution in [3.8, 4) is 6.07 Å². The first-order chi connectivity index (χ1) is 11.7. The van der Waals surface area contributed by atoms with Crippen molar-refractivity contribution in [1.82, 2.24) is 0 Å². The molecule has 0 saturated heterocycles. The number of nitrogens with zero attached hydrogens (tertiary/aromatic N) is 1. The molecule has 1 aliphatic rings. The van der Waals surface area contributed by atoms with Crippen molar-refractivity contribution in [2.75, 3.05) is 6.61 Å². The summed E-state index contributed by atoms with van der Waals surface area (Å²) in [5.41, 5.74) is 6.30. The molecule has 1 aromatic rings. The summed E-state index contributed by atoms with van der Waals surface area (Å²) < 4.78 is 41.7. The van der Waals surface area contributed by atoms with Crippen LogP contribution in [-0.2, 0) is 24.4 Å². The minimum Gasteiger partial charge on any atom is -0.463 e. The fraction of sp³-hybridized carbons (Fsp3) is 0.250. The quantitative estimate of drug-likeness (QED) is 0.606. The first kappa shape index (κ1) is 18.5. The number of rotatable bonds is 4. The van der Waals surface area contributed by atoms with Crippen LogP contribution in [0.4, 0.5) is 0 Å². The number of esters is 1. The molecular formula is C16H16N2O6S. The summed E-state index contributed by atoms with van der Waals surface area (Å²) in [5.74, 6) is -1.48. The maximum Gasteiger partial charge on any atom is 0.338 e. The van der Waals surface area contributed by atoms with Gasteiger partial charge in [0.05, 0.1) is 23.0 Å². The molecule has 1 aromatic carbocycles. The van der Waals surface area contributed by atoms with Crippen LogP contribution in [-0.4, -0.2) is 25.5 Å².